The maximum atomic E-state index is 12.2. The lowest BCUT2D eigenvalue weighted by molar-refractivity contribution is -0.167. The molecule has 8 heteroatoms. The van der Waals surface area contributed by atoms with Crippen LogP contribution in [0.1, 0.15) is 6.42 Å². The van der Waals surface area contributed by atoms with Gasteiger partial charge in [-0.05, 0) is 12.2 Å². The quantitative estimate of drug-likeness (QED) is 0.835. The summed E-state index contributed by atoms with van der Waals surface area (Å²) in [5.74, 6) is -1.44. The summed E-state index contributed by atoms with van der Waals surface area (Å²) in [6.07, 6.45) is -4.06. The van der Waals surface area contributed by atoms with Gasteiger partial charge in [0.05, 0.1) is 0 Å². The van der Waals surface area contributed by atoms with Crippen LogP contribution in [-0.2, 0) is 9.59 Å². The van der Waals surface area contributed by atoms with Crippen LogP contribution in [0.4, 0.5) is 13.2 Å². The van der Waals surface area contributed by atoms with E-state index in [2.05, 4.69) is 0 Å². The maximum absolute atomic E-state index is 12.2. The van der Waals surface area contributed by atoms with Gasteiger partial charge in [-0.3, -0.25) is 9.59 Å². The lowest BCUT2D eigenvalue weighted by Crippen LogP contribution is -2.44. The van der Waals surface area contributed by atoms with Gasteiger partial charge in [-0.15, -0.1) is 0 Å². The standard InChI is InChI=1S/C9H12F3NO3S/c10-9(11,12)5-13(3-7(14)15)8(16)6-1-2-17-4-6/h6H,1-5H2,(H,14,15). The largest absolute Gasteiger partial charge is 0.480 e. The number of rotatable bonds is 4. The third-order valence-corrected chi connectivity index (χ3v) is 3.45. The molecule has 98 valence electrons. The van der Waals surface area contributed by atoms with Gasteiger partial charge in [0.1, 0.15) is 13.1 Å². The highest BCUT2D eigenvalue weighted by Crippen LogP contribution is 2.26. The van der Waals surface area contributed by atoms with E-state index in [1.807, 2.05) is 0 Å². The van der Waals surface area contributed by atoms with Crippen LogP contribution in [0, 0.1) is 5.92 Å². The van der Waals surface area contributed by atoms with Crippen LogP contribution < -0.4 is 0 Å². The molecule has 17 heavy (non-hydrogen) atoms. The van der Waals surface area contributed by atoms with E-state index in [1.54, 1.807) is 0 Å². The zero-order chi connectivity index (χ0) is 13.1. The second-order valence-corrected chi connectivity index (χ2v) is 4.91. The highest BCUT2D eigenvalue weighted by molar-refractivity contribution is 7.99. The summed E-state index contributed by atoms with van der Waals surface area (Å²) in [6, 6.07) is 0. The van der Waals surface area contributed by atoms with Crippen molar-refractivity contribution < 1.29 is 27.9 Å². The summed E-state index contributed by atoms with van der Waals surface area (Å²) in [5.41, 5.74) is 0. The molecular weight excluding hydrogens is 259 g/mol. The molecule has 1 rings (SSSR count). The molecule has 1 saturated heterocycles. The molecule has 0 radical (unpaired) electrons. The van der Waals surface area contributed by atoms with Crippen molar-refractivity contribution >= 4 is 23.6 Å². The molecule has 1 N–H and O–H groups in total. The highest BCUT2D eigenvalue weighted by Gasteiger charge is 2.37. The number of carbonyl (C=O) groups is 2. The second kappa shape index (κ2) is 5.61. The molecule has 0 aromatic rings. The molecule has 0 bridgehead atoms. The van der Waals surface area contributed by atoms with Crippen molar-refractivity contribution in [2.24, 2.45) is 5.92 Å². The Hall–Kier alpha value is -0.920. The van der Waals surface area contributed by atoms with Gasteiger partial charge < -0.3 is 10.0 Å². The van der Waals surface area contributed by atoms with Gasteiger partial charge >= 0.3 is 12.1 Å². The van der Waals surface area contributed by atoms with Gasteiger partial charge in [0.25, 0.3) is 0 Å². The van der Waals surface area contributed by atoms with Crippen molar-refractivity contribution in [3.63, 3.8) is 0 Å². The molecule has 1 heterocycles. The van der Waals surface area contributed by atoms with Gasteiger partial charge in [-0.1, -0.05) is 0 Å². The topological polar surface area (TPSA) is 57.6 Å². The molecule has 1 aliphatic heterocycles. The Bertz CT molecular complexity index is 302. The Kier molecular flexibility index (Phi) is 4.67. The summed E-state index contributed by atoms with van der Waals surface area (Å²) in [6.45, 7) is -2.40. The van der Waals surface area contributed by atoms with Gasteiger partial charge in [-0.2, -0.15) is 24.9 Å². The Morgan fingerprint density at radius 1 is 1.41 bits per heavy atom. The molecule has 1 amide bonds. The lowest BCUT2D eigenvalue weighted by Gasteiger charge is -2.24. The smallest absolute Gasteiger partial charge is 0.406 e. The summed E-state index contributed by atoms with van der Waals surface area (Å²) >= 11 is 1.49. The second-order valence-electron chi connectivity index (χ2n) is 3.76. The first-order valence-electron chi connectivity index (χ1n) is 4.94. The summed E-state index contributed by atoms with van der Waals surface area (Å²) in [7, 11) is 0. The number of alkyl halides is 3. The van der Waals surface area contributed by atoms with Gasteiger partial charge in [0.15, 0.2) is 0 Å². The van der Waals surface area contributed by atoms with E-state index < -0.39 is 37.1 Å². The Morgan fingerprint density at radius 3 is 2.47 bits per heavy atom. The van der Waals surface area contributed by atoms with Gasteiger partial charge in [0, 0.05) is 11.7 Å². The van der Waals surface area contributed by atoms with Crippen LogP contribution in [0.15, 0.2) is 0 Å². The number of hydrogen-bond acceptors (Lipinski definition) is 3. The average Bonchev–Trinajstić information content (AvgIpc) is 2.65. The minimum absolute atomic E-state index is 0.374. The molecular formula is C9H12F3NO3S. The fourth-order valence-electron chi connectivity index (χ4n) is 1.58. The lowest BCUT2D eigenvalue weighted by atomic mass is 10.1. The van der Waals surface area contributed by atoms with E-state index in [9.17, 15) is 22.8 Å². The minimum Gasteiger partial charge on any atom is -0.480 e. The number of nitrogens with zero attached hydrogens (tertiary/aromatic N) is 1. The highest BCUT2D eigenvalue weighted by atomic mass is 32.2. The SMILES string of the molecule is O=C(O)CN(CC(F)(F)F)C(=O)C1CCSC1. The number of carbonyl (C=O) groups excluding carboxylic acids is 1. The number of hydrogen-bond donors (Lipinski definition) is 1. The molecule has 0 saturated carbocycles. The van der Waals surface area contributed by atoms with Crippen LogP contribution in [0.2, 0.25) is 0 Å². The summed E-state index contributed by atoms with van der Waals surface area (Å²) in [4.78, 5) is 22.5. The number of aliphatic carboxylic acids is 1. The first-order valence-corrected chi connectivity index (χ1v) is 6.10. The summed E-state index contributed by atoms with van der Waals surface area (Å²) < 4.78 is 36.6. The first kappa shape index (κ1) is 14.1. The number of thioether (sulfide) groups is 1. The molecule has 0 aliphatic carbocycles. The van der Waals surface area contributed by atoms with Crippen molar-refractivity contribution in [2.75, 3.05) is 24.6 Å². The number of carboxylic acids is 1. The van der Waals surface area contributed by atoms with Crippen LogP contribution in [0.3, 0.4) is 0 Å². The van der Waals surface area contributed by atoms with Crippen LogP contribution >= 0.6 is 11.8 Å². The zero-order valence-corrected chi connectivity index (χ0v) is 9.68. The molecule has 1 aliphatic rings. The zero-order valence-electron chi connectivity index (χ0n) is 8.87. The van der Waals surface area contributed by atoms with Crippen LogP contribution in [-0.4, -0.2) is 52.7 Å². The fraction of sp³-hybridized carbons (Fsp3) is 0.778. The third kappa shape index (κ3) is 4.84. The first-order chi connectivity index (χ1) is 7.79. The molecule has 0 aromatic carbocycles. The Balaban J connectivity index is 2.67. The fourth-order valence-corrected chi connectivity index (χ4v) is 2.79. The van der Waals surface area contributed by atoms with Crippen LogP contribution in [0.5, 0.6) is 0 Å². The number of carboxylic acid groups (broad SMARTS) is 1. The number of halogens is 3. The molecule has 4 nitrogen and oxygen atoms in total. The minimum atomic E-state index is -4.57. The Morgan fingerprint density at radius 2 is 2.06 bits per heavy atom. The van der Waals surface area contributed by atoms with Crippen molar-refractivity contribution in [2.45, 2.75) is 12.6 Å². The number of amides is 1. The van der Waals surface area contributed by atoms with Crippen molar-refractivity contribution in [1.82, 2.24) is 4.90 Å². The average molecular weight is 271 g/mol. The normalized spacial score (nSPS) is 20.3. The van der Waals surface area contributed by atoms with E-state index in [4.69, 9.17) is 5.11 Å². The predicted octanol–water partition coefficient (Wildman–Crippen LogP) is 1.22. The van der Waals surface area contributed by atoms with E-state index in [-0.39, 0.29) is 0 Å². The third-order valence-electron chi connectivity index (χ3n) is 2.29. The van der Waals surface area contributed by atoms with E-state index in [0.29, 0.717) is 17.1 Å². The molecule has 1 atom stereocenters. The van der Waals surface area contributed by atoms with Gasteiger partial charge in [0.2, 0.25) is 5.91 Å². The van der Waals surface area contributed by atoms with E-state index >= 15 is 0 Å². The summed E-state index contributed by atoms with van der Waals surface area (Å²) in [5, 5.41) is 8.51. The molecule has 1 fully saturated rings. The van der Waals surface area contributed by atoms with Gasteiger partial charge in [-0.25, -0.2) is 0 Å². The molecule has 1 unspecified atom stereocenters. The van der Waals surface area contributed by atoms with E-state index in [0.717, 1.165) is 5.75 Å². The van der Waals surface area contributed by atoms with Crippen molar-refractivity contribution in [3.05, 3.63) is 0 Å². The Labute approximate surface area is 100 Å². The van der Waals surface area contributed by atoms with Crippen molar-refractivity contribution in [3.8, 4) is 0 Å². The van der Waals surface area contributed by atoms with Crippen LogP contribution in [0.25, 0.3) is 0 Å². The predicted molar refractivity (Wildman–Crippen MR) is 55.7 cm³/mol. The van der Waals surface area contributed by atoms with E-state index in [1.165, 1.54) is 11.8 Å². The van der Waals surface area contributed by atoms with Crippen molar-refractivity contribution in [1.29, 1.82) is 0 Å². The molecule has 0 aromatic heterocycles. The maximum Gasteiger partial charge on any atom is 0.406 e. The molecule has 0 spiro atoms. The monoisotopic (exact) mass is 271 g/mol.